The first kappa shape index (κ1) is 13.5. The molecule has 0 aliphatic rings. The summed E-state index contributed by atoms with van der Waals surface area (Å²) in [6, 6.07) is 12.4. The molecule has 0 fully saturated rings. The number of rotatable bonds is 2. The summed E-state index contributed by atoms with van der Waals surface area (Å²) in [5, 5.41) is 0.579. The maximum Gasteiger partial charge on any atom is 0.270 e. The van der Waals surface area contributed by atoms with E-state index in [0.717, 1.165) is 3.97 Å². The van der Waals surface area contributed by atoms with Gasteiger partial charge in [-0.3, -0.25) is 0 Å². The summed E-state index contributed by atoms with van der Waals surface area (Å²) >= 11 is 1.90. The highest BCUT2D eigenvalue weighted by atomic mass is 127. The summed E-state index contributed by atoms with van der Waals surface area (Å²) in [6.45, 7) is 0. The molecule has 0 aliphatic heterocycles. The lowest BCUT2D eigenvalue weighted by molar-refractivity contribution is 0.581. The van der Waals surface area contributed by atoms with Crippen LogP contribution >= 0.6 is 22.6 Å². The molecule has 3 rings (SSSR count). The third-order valence-electron chi connectivity index (χ3n) is 2.81. The molecule has 2 aromatic heterocycles. The van der Waals surface area contributed by atoms with Gasteiger partial charge in [-0.05, 0) is 52.9 Å². The van der Waals surface area contributed by atoms with Crippen LogP contribution < -0.4 is 0 Å². The second kappa shape index (κ2) is 4.81. The van der Waals surface area contributed by atoms with Crippen molar-refractivity contribution < 1.29 is 12.8 Å². The number of aromatic nitrogens is 2. The fourth-order valence-electron chi connectivity index (χ4n) is 1.93. The van der Waals surface area contributed by atoms with E-state index >= 15 is 0 Å². The second-order valence-corrected chi connectivity index (χ2v) is 6.99. The highest BCUT2D eigenvalue weighted by molar-refractivity contribution is 14.1. The molecule has 1 aromatic carbocycles. The monoisotopic (exact) mass is 402 g/mol. The minimum Gasteiger partial charge on any atom is -0.211 e. The Morgan fingerprint density at radius 2 is 1.80 bits per heavy atom. The molecule has 2 heterocycles. The molecular weight excluding hydrogens is 394 g/mol. The maximum absolute atomic E-state index is 13.3. The Hall–Kier alpha value is -1.48. The van der Waals surface area contributed by atoms with Crippen molar-refractivity contribution in [2.45, 2.75) is 4.90 Å². The molecular formula is C13H8FIN2O2S. The molecule has 3 aromatic rings. The van der Waals surface area contributed by atoms with Crippen molar-refractivity contribution in [1.82, 2.24) is 8.96 Å². The predicted octanol–water partition coefficient (Wildman–Crippen LogP) is 3.02. The van der Waals surface area contributed by atoms with E-state index < -0.39 is 16.0 Å². The first-order valence-corrected chi connectivity index (χ1v) is 8.16. The zero-order valence-corrected chi connectivity index (χ0v) is 13.0. The number of hydrogen-bond donors (Lipinski definition) is 0. The van der Waals surface area contributed by atoms with Gasteiger partial charge in [-0.1, -0.05) is 18.2 Å². The zero-order valence-electron chi connectivity index (χ0n) is 9.99. The summed E-state index contributed by atoms with van der Waals surface area (Å²) in [5.74, 6) is -0.712. The highest BCUT2D eigenvalue weighted by Gasteiger charge is 2.22. The molecule has 0 saturated heterocycles. The Morgan fingerprint density at radius 3 is 2.50 bits per heavy atom. The second-order valence-electron chi connectivity index (χ2n) is 4.10. The number of hydrogen-bond acceptors (Lipinski definition) is 3. The molecule has 0 spiro atoms. The van der Waals surface area contributed by atoms with Crippen molar-refractivity contribution in [3.8, 4) is 0 Å². The van der Waals surface area contributed by atoms with Gasteiger partial charge in [-0.25, -0.2) is 17.4 Å². The molecule has 0 amide bonds. The molecule has 0 N–H and O–H groups in total. The summed E-state index contributed by atoms with van der Waals surface area (Å²) in [7, 11) is -3.79. The Labute approximate surface area is 128 Å². The van der Waals surface area contributed by atoms with Gasteiger partial charge in [0.05, 0.1) is 8.60 Å². The Kier molecular flexibility index (Phi) is 3.25. The molecule has 0 aliphatic carbocycles. The van der Waals surface area contributed by atoms with Crippen LogP contribution in [0.5, 0.6) is 0 Å². The van der Waals surface area contributed by atoms with Crippen LogP contribution in [0.25, 0.3) is 11.0 Å². The van der Waals surface area contributed by atoms with Gasteiger partial charge in [-0.15, -0.1) is 0 Å². The Bertz CT molecular complexity index is 891. The zero-order chi connectivity index (χ0) is 14.3. The SMILES string of the molecule is O=S(=O)(c1ccccc1)n1c(I)cc2ccc(F)nc21. The van der Waals surface area contributed by atoms with Crippen molar-refractivity contribution in [2.24, 2.45) is 0 Å². The standard InChI is InChI=1S/C13H8FIN2O2S/c14-11-7-6-9-8-12(15)17(13(9)16-11)20(18,19)10-4-2-1-3-5-10/h1-8H. The lowest BCUT2D eigenvalue weighted by Gasteiger charge is -2.08. The fraction of sp³-hybridized carbons (Fsp3) is 0. The van der Waals surface area contributed by atoms with E-state index in [4.69, 9.17) is 0 Å². The van der Waals surface area contributed by atoms with E-state index in [1.807, 2.05) is 22.6 Å². The van der Waals surface area contributed by atoms with E-state index in [9.17, 15) is 12.8 Å². The van der Waals surface area contributed by atoms with Crippen LogP contribution in [-0.4, -0.2) is 17.4 Å². The number of benzene rings is 1. The van der Waals surface area contributed by atoms with Crippen LogP contribution in [0, 0.1) is 9.65 Å². The van der Waals surface area contributed by atoms with E-state index in [2.05, 4.69) is 4.98 Å². The number of pyridine rings is 1. The lowest BCUT2D eigenvalue weighted by atomic mass is 10.3. The van der Waals surface area contributed by atoms with Gasteiger partial charge in [0.2, 0.25) is 5.95 Å². The van der Waals surface area contributed by atoms with Gasteiger partial charge >= 0.3 is 0 Å². The highest BCUT2D eigenvalue weighted by Crippen LogP contribution is 2.25. The van der Waals surface area contributed by atoms with Crippen LogP contribution in [0.1, 0.15) is 0 Å². The largest absolute Gasteiger partial charge is 0.270 e. The van der Waals surface area contributed by atoms with Crippen LogP contribution in [0.15, 0.2) is 53.4 Å². The molecule has 20 heavy (non-hydrogen) atoms. The normalized spacial score (nSPS) is 11.9. The predicted molar refractivity (Wildman–Crippen MR) is 81.4 cm³/mol. The van der Waals surface area contributed by atoms with Crippen LogP contribution in [0.2, 0.25) is 0 Å². The van der Waals surface area contributed by atoms with Gasteiger partial charge in [-0.2, -0.15) is 4.39 Å². The summed E-state index contributed by atoms with van der Waals surface area (Å²) in [5.41, 5.74) is 0.0956. The van der Waals surface area contributed by atoms with Crippen LogP contribution in [0.4, 0.5) is 4.39 Å². The first-order chi connectivity index (χ1) is 9.50. The van der Waals surface area contributed by atoms with Crippen molar-refractivity contribution in [3.05, 3.63) is 58.2 Å². The number of halogens is 2. The van der Waals surface area contributed by atoms with Crippen molar-refractivity contribution in [1.29, 1.82) is 0 Å². The van der Waals surface area contributed by atoms with E-state index in [0.29, 0.717) is 9.09 Å². The first-order valence-electron chi connectivity index (χ1n) is 5.64. The van der Waals surface area contributed by atoms with Gasteiger partial charge in [0, 0.05) is 5.39 Å². The van der Waals surface area contributed by atoms with Crippen molar-refractivity contribution >= 4 is 43.6 Å². The minimum absolute atomic E-state index is 0.0956. The maximum atomic E-state index is 13.3. The molecule has 7 heteroatoms. The third kappa shape index (κ3) is 2.10. The van der Waals surface area contributed by atoms with Crippen LogP contribution in [0.3, 0.4) is 0 Å². The minimum atomic E-state index is -3.79. The molecule has 0 radical (unpaired) electrons. The molecule has 0 atom stereocenters. The van der Waals surface area contributed by atoms with Crippen molar-refractivity contribution in [3.63, 3.8) is 0 Å². The van der Waals surface area contributed by atoms with Gasteiger partial charge in [0.25, 0.3) is 10.0 Å². The Morgan fingerprint density at radius 1 is 1.10 bits per heavy atom. The van der Waals surface area contributed by atoms with Crippen molar-refractivity contribution in [2.75, 3.05) is 0 Å². The lowest BCUT2D eigenvalue weighted by Crippen LogP contribution is -2.15. The summed E-state index contributed by atoms with van der Waals surface area (Å²) in [6.07, 6.45) is 0. The van der Waals surface area contributed by atoms with E-state index in [-0.39, 0.29) is 10.5 Å². The molecule has 0 unspecified atom stereocenters. The molecule has 0 saturated carbocycles. The molecule has 4 nitrogen and oxygen atoms in total. The average Bonchev–Trinajstić information content (AvgIpc) is 2.75. The smallest absolute Gasteiger partial charge is 0.211 e. The third-order valence-corrected chi connectivity index (χ3v) is 5.65. The van der Waals surface area contributed by atoms with E-state index in [1.165, 1.54) is 24.3 Å². The van der Waals surface area contributed by atoms with E-state index in [1.54, 1.807) is 24.3 Å². The van der Waals surface area contributed by atoms with Gasteiger partial charge in [0.1, 0.15) is 0 Å². The van der Waals surface area contributed by atoms with Crippen LogP contribution in [-0.2, 0) is 10.0 Å². The molecule has 102 valence electrons. The summed E-state index contributed by atoms with van der Waals surface area (Å²) < 4.78 is 40.1. The van der Waals surface area contributed by atoms with Gasteiger partial charge < -0.3 is 0 Å². The van der Waals surface area contributed by atoms with Gasteiger partial charge in [0.15, 0.2) is 5.65 Å². The Balaban J connectivity index is 2.35. The quantitative estimate of drug-likeness (QED) is 0.489. The molecule has 0 bridgehead atoms. The number of fused-ring (bicyclic) bond motifs is 1. The fourth-order valence-corrected chi connectivity index (χ4v) is 4.64. The summed E-state index contributed by atoms with van der Waals surface area (Å²) in [4.78, 5) is 3.84. The number of nitrogens with zero attached hydrogens (tertiary/aromatic N) is 2. The average molecular weight is 402 g/mol. The topological polar surface area (TPSA) is 52.0 Å².